The lowest BCUT2D eigenvalue weighted by molar-refractivity contribution is -0.140. The first-order chi connectivity index (χ1) is 8.01. The van der Waals surface area contributed by atoms with Crippen molar-refractivity contribution in [1.29, 1.82) is 5.26 Å². The predicted molar refractivity (Wildman–Crippen MR) is 60.0 cm³/mol. The van der Waals surface area contributed by atoms with Crippen molar-refractivity contribution >= 4 is 17.6 Å². The number of nitrogens with zero attached hydrogens (tertiary/aromatic N) is 1. The first kappa shape index (κ1) is 13.5. The standard InChI is InChI=1S/C12H10ClFNO2/c1-7(11(13)12(16)17-2)10-4-3-9(14)5-8(10)6-15/h4-5,7,11H,1-2H3. The maximum Gasteiger partial charge on any atom is 0.324 e. The van der Waals surface area contributed by atoms with Crippen LogP contribution in [0.2, 0.25) is 0 Å². The first-order valence-electron chi connectivity index (χ1n) is 4.84. The number of benzene rings is 1. The second kappa shape index (κ2) is 5.65. The Morgan fingerprint density at radius 2 is 2.35 bits per heavy atom. The molecule has 0 aromatic heterocycles. The van der Waals surface area contributed by atoms with Crippen LogP contribution in [0.25, 0.3) is 0 Å². The fraction of sp³-hybridized carbons (Fsp3) is 0.333. The molecule has 0 spiro atoms. The highest BCUT2D eigenvalue weighted by molar-refractivity contribution is 6.30. The summed E-state index contributed by atoms with van der Waals surface area (Å²) in [5.41, 5.74) is 0.614. The second-order valence-corrected chi connectivity index (χ2v) is 3.95. The Morgan fingerprint density at radius 3 is 2.88 bits per heavy atom. The molecule has 3 nitrogen and oxygen atoms in total. The highest BCUT2D eigenvalue weighted by Crippen LogP contribution is 2.27. The minimum atomic E-state index is -0.925. The zero-order valence-electron chi connectivity index (χ0n) is 9.33. The molecule has 0 aliphatic carbocycles. The van der Waals surface area contributed by atoms with Crippen LogP contribution < -0.4 is 0 Å². The van der Waals surface area contributed by atoms with Gasteiger partial charge >= 0.3 is 5.97 Å². The number of alkyl halides is 1. The molecule has 2 atom stereocenters. The zero-order chi connectivity index (χ0) is 13.0. The van der Waals surface area contributed by atoms with Gasteiger partial charge in [-0.25, -0.2) is 4.39 Å². The summed E-state index contributed by atoms with van der Waals surface area (Å²) < 4.78 is 17.4. The van der Waals surface area contributed by atoms with Gasteiger partial charge in [0.05, 0.1) is 18.7 Å². The molecule has 0 bridgehead atoms. The SMILES string of the molecule is COC(=O)C(Cl)C(C)c1c[c]c(F)cc1C#N. The molecule has 0 heterocycles. The van der Waals surface area contributed by atoms with Crippen LogP contribution >= 0.6 is 11.6 Å². The van der Waals surface area contributed by atoms with Gasteiger partial charge in [-0.1, -0.05) is 6.92 Å². The average molecular weight is 255 g/mol. The smallest absolute Gasteiger partial charge is 0.324 e. The third kappa shape index (κ3) is 2.95. The van der Waals surface area contributed by atoms with E-state index in [9.17, 15) is 9.18 Å². The third-order valence-corrected chi connectivity index (χ3v) is 2.98. The van der Waals surface area contributed by atoms with E-state index in [1.807, 2.05) is 6.07 Å². The van der Waals surface area contributed by atoms with Crippen LogP contribution in [0.1, 0.15) is 24.0 Å². The second-order valence-electron chi connectivity index (χ2n) is 3.48. The van der Waals surface area contributed by atoms with Gasteiger partial charge in [0.25, 0.3) is 0 Å². The lowest BCUT2D eigenvalue weighted by Gasteiger charge is -2.17. The molecular weight excluding hydrogens is 245 g/mol. The summed E-state index contributed by atoms with van der Waals surface area (Å²) in [5.74, 6) is -1.68. The molecule has 0 saturated carbocycles. The fourth-order valence-electron chi connectivity index (χ4n) is 1.42. The Balaban J connectivity index is 3.08. The van der Waals surface area contributed by atoms with Gasteiger partial charge in [-0.05, 0) is 17.7 Å². The van der Waals surface area contributed by atoms with Crippen LogP contribution in [-0.4, -0.2) is 18.5 Å². The van der Waals surface area contributed by atoms with Gasteiger partial charge in [0.1, 0.15) is 11.2 Å². The Kier molecular flexibility index (Phi) is 4.47. The Labute approximate surface area is 104 Å². The molecule has 0 fully saturated rings. The first-order valence-corrected chi connectivity index (χ1v) is 5.28. The number of carbonyl (C=O) groups is 1. The number of methoxy groups -OCH3 is 1. The van der Waals surface area contributed by atoms with Crippen molar-refractivity contribution in [3.05, 3.63) is 35.1 Å². The molecule has 0 N–H and O–H groups in total. The van der Waals surface area contributed by atoms with Crippen LogP contribution in [0, 0.1) is 23.2 Å². The van der Waals surface area contributed by atoms with Gasteiger partial charge in [0.2, 0.25) is 0 Å². The van der Waals surface area contributed by atoms with Gasteiger partial charge in [-0.2, -0.15) is 5.26 Å². The van der Waals surface area contributed by atoms with Crippen molar-refractivity contribution in [1.82, 2.24) is 0 Å². The molecule has 2 unspecified atom stereocenters. The monoisotopic (exact) mass is 254 g/mol. The molecule has 5 heteroatoms. The molecule has 0 aliphatic heterocycles. The van der Waals surface area contributed by atoms with E-state index in [0.717, 1.165) is 6.07 Å². The maximum absolute atomic E-state index is 12.9. The van der Waals surface area contributed by atoms with Crippen LogP contribution in [-0.2, 0) is 9.53 Å². The zero-order valence-corrected chi connectivity index (χ0v) is 10.1. The molecule has 1 rings (SSSR count). The van der Waals surface area contributed by atoms with E-state index in [4.69, 9.17) is 16.9 Å². The highest BCUT2D eigenvalue weighted by Gasteiger charge is 2.26. The molecule has 0 aliphatic rings. The van der Waals surface area contributed by atoms with E-state index in [0.29, 0.717) is 5.56 Å². The number of hydrogen-bond acceptors (Lipinski definition) is 3. The van der Waals surface area contributed by atoms with Crippen molar-refractivity contribution in [3.8, 4) is 6.07 Å². The number of ether oxygens (including phenoxy) is 1. The summed E-state index contributed by atoms with van der Waals surface area (Å²) in [6.07, 6.45) is 0. The third-order valence-electron chi connectivity index (χ3n) is 2.42. The van der Waals surface area contributed by atoms with E-state index < -0.39 is 23.1 Å². The Bertz CT molecular complexity index is 470. The van der Waals surface area contributed by atoms with Crippen molar-refractivity contribution < 1.29 is 13.9 Å². The summed E-state index contributed by atoms with van der Waals surface area (Å²) in [6, 6.07) is 6.59. The van der Waals surface area contributed by atoms with E-state index in [-0.39, 0.29) is 5.56 Å². The average Bonchev–Trinajstić information content (AvgIpc) is 2.35. The summed E-state index contributed by atoms with van der Waals surface area (Å²) in [6.45, 7) is 1.66. The van der Waals surface area contributed by atoms with E-state index in [2.05, 4.69) is 10.8 Å². The normalized spacial score (nSPS) is 13.6. The molecule has 0 amide bonds. The van der Waals surface area contributed by atoms with Crippen molar-refractivity contribution in [2.45, 2.75) is 18.2 Å². The number of esters is 1. The molecular formula is C12H10ClFNO2. The number of carbonyl (C=O) groups excluding carboxylic acids is 1. The van der Waals surface area contributed by atoms with Crippen LogP contribution in [0.3, 0.4) is 0 Å². The van der Waals surface area contributed by atoms with Gasteiger partial charge < -0.3 is 4.74 Å². The summed E-state index contributed by atoms with van der Waals surface area (Å²) >= 11 is 5.89. The van der Waals surface area contributed by atoms with Gasteiger partial charge in [0, 0.05) is 12.0 Å². The fourth-order valence-corrected chi connectivity index (χ4v) is 1.65. The van der Waals surface area contributed by atoms with Gasteiger partial charge in [0.15, 0.2) is 0 Å². The minimum Gasteiger partial charge on any atom is -0.468 e. The lowest BCUT2D eigenvalue weighted by atomic mass is 9.93. The largest absolute Gasteiger partial charge is 0.468 e. The molecule has 0 saturated heterocycles. The van der Waals surface area contributed by atoms with Crippen LogP contribution in [0.4, 0.5) is 4.39 Å². The van der Waals surface area contributed by atoms with E-state index >= 15 is 0 Å². The predicted octanol–water partition coefficient (Wildman–Crippen LogP) is 2.38. The molecule has 17 heavy (non-hydrogen) atoms. The molecule has 1 aromatic carbocycles. The number of nitriles is 1. The van der Waals surface area contributed by atoms with Crippen molar-refractivity contribution in [2.75, 3.05) is 7.11 Å². The number of hydrogen-bond donors (Lipinski definition) is 0. The van der Waals surface area contributed by atoms with Crippen molar-refractivity contribution in [2.24, 2.45) is 0 Å². The molecule has 1 aromatic rings. The number of rotatable bonds is 3. The van der Waals surface area contributed by atoms with E-state index in [1.165, 1.54) is 13.2 Å². The highest BCUT2D eigenvalue weighted by atomic mass is 35.5. The Morgan fingerprint density at radius 1 is 1.71 bits per heavy atom. The lowest BCUT2D eigenvalue weighted by Crippen LogP contribution is -2.23. The quantitative estimate of drug-likeness (QED) is 0.615. The number of halogens is 2. The topological polar surface area (TPSA) is 50.1 Å². The maximum atomic E-state index is 12.9. The van der Waals surface area contributed by atoms with E-state index in [1.54, 1.807) is 6.92 Å². The molecule has 1 radical (unpaired) electrons. The van der Waals surface area contributed by atoms with Crippen molar-refractivity contribution in [3.63, 3.8) is 0 Å². The van der Waals surface area contributed by atoms with Crippen LogP contribution in [0.5, 0.6) is 0 Å². The van der Waals surface area contributed by atoms with Crippen LogP contribution in [0.15, 0.2) is 12.1 Å². The summed E-state index contributed by atoms with van der Waals surface area (Å²) in [5, 5.41) is 7.95. The molecule has 89 valence electrons. The summed E-state index contributed by atoms with van der Waals surface area (Å²) in [7, 11) is 1.23. The minimum absolute atomic E-state index is 0.142. The summed E-state index contributed by atoms with van der Waals surface area (Å²) in [4.78, 5) is 11.3. The Hall–Kier alpha value is -1.60. The van der Waals surface area contributed by atoms with Gasteiger partial charge in [-0.3, -0.25) is 4.79 Å². The van der Waals surface area contributed by atoms with Gasteiger partial charge in [-0.15, -0.1) is 11.6 Å².